The molecule has 0 heterocycles. The quantitative estimate of drug-likeness (QED) is 0.837. The Kier molecular flexibility index (Phi) is 5.05. The maximum absolute atomic E-state index is 13.5. The van der Waals surface area contributed by atoms with Crippen molar-refractivity contribution < 1.29 is 17.6 Å². The van der Waals surface area contributed by atoms with Crippen LogP contribution in [0.5, 0.6) is 0 Å². The molecular weight excluding hydrogens is 307 g/mol. The molecule has 0 saturated heterocycles. The van der Waals surface area contributed by atoms with Crippen LogP contribution in [0.1, 0.15) is 39.0 Å². The highest BCUT2D eigenvalue weighted by atomic mass is 32.2. The Bertz CT molecular complexity index is 657. The van der Waals surface area contributed by atoms with Gasteiger partial charge in [0.2, 0.25) is 15.9 Å². The number of anilines is 2. The van der Waals surface area contributed by atoms with Crippen LogP contribution < -0.4 is 9.62 Å². The summed E-state index contributed by atoms with van der Waals surface area (Å²) in [7, 11) is -3.48. The Morgan fingerprint density at radius 1 is 1.41 bits per heavy atom. The van der Waals surface area contributed by atoms with Gasteiger partial charge in [0.1, 0.15) is 5.82 Å². The van der Waals surface area contributed by atoms with Crippen molar-refractivity contribution in [3.05, 3.63) is 24.0 Å². The molecule has 0 spiro atoms. The largest absolute Gasteiger partial charge is 0.324 e. The van der Waals surface area contributed by atoms with Gasteiger partial charge in [0.05, 0.1) is 17.6 Å². The van der Waals surface area contributed by atoms with Crippen LogP contribution in [0, 0.1) is 5.82 Å². The van der Waals surface area contributed by atoms with Gasteiger partial charge in [0.15, 0.2) is 0 Å². The van der Waals surface area contributed by atoms with E-state index in [4.69, 9.17) is 0 Å². The van der Waals surface area contributed by atoms with Crippen LogP contribution in [0.25, 0.3) is 0 Å². The number of rotatable bonds is 7. The molecule has 1 aliphatic rings. The summed E-state index contributed by atoms with van der Waals surface area (Å²) in [6.07, 6.45) is 4.60. The number of nitrogens with one attached hydrogen (secondary N) is 1. The highest BCUT2D eigenvalue weighted by Crippen LogP contribution is 2.38. The minimum Gasteiger partial charge on any atom is -0.324 e. The maximum atomic E-state index is 13.5. The van der Waals surface area contributed by atoms with Crippen molar-refractivity contribution in [1.82, 2.24) is 0 Å². The molecule has 5 nitrogen and oxygen atoms in total. The van der Waals surface area contributed by atoms with E-state index in [1.54, 1.807) is 0 Å². The number of hydrogen-bond donors (Lipinski definition) is 1. The van der Waals surface area contributed by atoms with Crippen LogP contribution in [-0.4, -0.2) is 26.6 Å². The van der Waals surface area contributed by atoms with Crippen molar-refractivity contribution in [2.24, 2.45) is 0 Å². The number of carbonyl (C=O) groups is 1. The van der Waals surface area contributed by atoms with Crippen LogP contribution in [0.4, 0.5) is 15.8 Å². The molecule has 1 aliphatic carbocycles. The lowest BCUT2D eigenvalue weighted by Gasteiger charge is -2.25. The zero-order chi connectivity index (χ0) is 16.3. The standard InChI is InChI=1S/C15H21FN2O3S/c1-3-4-5-15(19)17-13-10-11(16)6-9-14(13)18(12-7-8-12)22(2,20)21/h6,9-10,12H,3-5,7-8H2,1-2H3,(H,17,19). The summed E-state index contributed by atoms with van der Waals surface area (Å²) in [5, 5.41) is 2.64. The number of benzene rings is 1. The summed E-state index contributed by atoms with van der Waals surface area (Å²) in [4.78, 5) is 11.9. The number of sulfonamides is 1. The monoisotopic (exact) mass is 328 g/mol. The molecule has 0 unspecified atom stereocenters. The van der Waals surface area contributed by atoms with E-state index < -0.39 is 15.8 Å². The predicted octanol–water partition coefficient (Wildman–Crippen LogP) is 2.88. The van der Waals surface area contributed by atoms with Crippen LogP contribution in [0.2, 0.25) is 0 Å². The topological polar surface area (TPSA) is 66.5 Å². The Balaban J connectivity index is 2.32. The van der Waals surface area contributed by atoms with Gasteiger partial charge in [-0.15, -0.1) is 0 Å². The minimum absolute atomic E-state index is 0.105. The fourth-order valence-electron chi connectivity index (χ4n) is 2.31. The van der Waals surface area contributed by atoms with Crippen molar-refractivity contribution in [1.29, 1.82) is 0 Å². The molecule has 7 heteroatoms. The van der Waals surface area contributed by atoms with E-state index in [1.165, 1.54) is 22.5 Å². The third kappa shape index (κ3) is 4.19. The Labute approximate surface area is 130 Å². The molecule has 1 fully saturated rings. The molecule has 1 N–H and O–H groups in total. The molecular formula is C15H21FN2O3S. The summed E-state index contributed by atoms with van der Waals surface area (Å²) in [5.74, 6) is -0.753. The second-order valence-electron chi connectivity index (χ2n) is 5.60. The molecule has 22 heavy (non-hydrogen) atoms. The second kappa shape index (κ2) is 6.64. The van der Waals surface area contributed by atoms with E-state index in [0.29, 0.717) is 12.1 Å². The number of hydrogen-bond acceptors (Lipinski definition) is 3. The second-order valence-corrected chi connectivity index (χ2v) is 7.46. The van der Waals surface area contributed by atoms with Crippen LogP contribution in [0.15, 0.2) is 18.2 Å². The first-order valence-corrected chi connectivity index (χ1v) is 9.26. The lowest BCUT2D eigenvalue weighted by molar-refractivity contribution is -0.116. The van der Waals surface area contributed by atoms with E-state index in [1.807, 2.05) is 6.92 Å². The van der Waals surface area contributed by atoms with E-state index in [9.17, 15) is 17.6 Å². The number of halogens is 1. The first-order valence-electron chi connectivity index (χ1n) is 7.41. The molecule has 122 valence electrons. The van der Waals surface area contributed by atoms with Crippen LogP contribution in [0.3, 0.4) is 0 Å². The SMILES string of the molecule is CCCCC(=O)Nc1cc(F)ccc1N(C1CC1)S(C)(=O)=O. The molecule has 1 amide bonds. The smallest absolute Gasteiger partial charge is 0.232 e. The number of unbranched alkanes of at least 4 members (excludes halogenated alkanes) is 1. The van der Waals surface area contributed by atoms with Gasteiger partial charge in [-0.05, 0) is 37.5 Å². The Morgan fingerprint density at radius 3 is 2.64 bits per heavy atom. The maximum Gasteiger partial charge on any atom is 0.232 e. The lowest BCUT2D eigenvalue weighted by Crippen LogP contribution is -2.33. The highest BCUT2D eigenvalue weighted by molar-refractivity contribution is 7.92. The molecule has 0 atom stereocenters. The molecule has 2 rings (SSSR count). The Hall–Kier alpha value is -1.63. The van der Waals surface area contributed by atoms with Crippen molar-refractivity contribution in [3.63, 3.8) is 0 Å². The van der Waals surface area contributed by atoms with Crippen LogP contribution in [-0.2, 0) is 14.8 Å². The first kappa shape index (κ1) is 16.7. The summed E-state index contributed by atoms with van der Waals surface area (Å²) < 4.78 is 38.8. The minimum atomic E-state index is -3.48. The summed E-state index contributed by atoms with van der Waals surface area (Å²) in [5.41, 5.74) is 0.537. The van der Waals surface area contributed by atoms with E-state index in [0.717, 1.165) is 31.9 Å². The number of carbonyl (C=O) groups excluding carboxylic acids is 1. The van der Waals surface area contributed by atoms with Gasteiger partial charge in [-0.3, -0.25) is 9.10 Å². The average molecular weight is 328 g/mol. The van der Waals surface area contributed by atoms with Crippen molar-refractivity contribution in [2.75, 3.05) is 15.9 Å². The predicted molar refractivity (Wildman–Crippen MR) is 84.9 cm³/mol. The molecule has 0 bridgehead atoms. The molecule has 0 radical (unpaired) electrons. The van der Waals surface area contributed by atoms with Gasteiger partial charge in [-0.25, -0.2) is 12.8 Å². The molecule has 1 aromatic rings. The number of amides is 1. The van der Waals surface area contributed by atoms with E-state index >= 15 is 0 Å². The van der Waals surface area contributed by atoms with Crippen molar-refractivity contribution in [3.8, 4) is 0 Å². The van der Waals surface area contributed by atoms with Gasteiger partial charge in [0, 0.05) is 12.5 Å². The van der Waals surface area contributed by atoms with Gasteiger partial charge in [-0.2, -0.15) is 0 Å². The fourth-order valence-corrected chi connectivity index (χ4v) is 3.57. The third-order valence-electron chi connectivity index (χ3n) is 3.46. The van der Waals surface area contributed by atoms with Gasteiger partial charge >= 0.3 is 0 Å². The normalized spacial score (nSPS) is 14.7. The molecule has 1 saturated carbocycles. The Morgan fingerprint density at radius 2 is 2.09 bits per heavy atom. The van der Waals surface area contributed by atoms with Crippen LogP contribution >= 0.6 is 0 Å². The van der Waals surface area contributed by atoms with Crippen molar-refractivity contribution in [2.45, 2.75) is 45.1 Å². The fraction of sp³-hybridized carbons (Fsp3) is 0.533. The zero-order valence-corrected chi connectivity index (χ0v) is 13.6. The third-order valence-corrected chi connectivity index (χ3v) is 4.67. The van der Waals surface area contributed by atoms with Gasteiger partial charge < -0.3 is 5.32 Å². The molecule has 0 aliphatic heterocycles. The summed E-state index contributed by atoms with van der Waals surface area (Å²) in [6.45, 7) is 1.97. The summed E-state index contributed by atoms with van der Waals surface area (Å²) in [6, 6.07) is 3.67. The van der Waals surface area contributed by atoms with E-state index in [2.05, 4.69) is 5.32 Å². The molecule has 1 aromatic carbocycles. The highest BCUT2D eigenvalue weighted by Gasteiger charge is 2.36. The summed E-state index contributed by atoms with van der Waals surface area (Å²) >= 11 is 0. The van der Waals surface area contributed by atoms with Gasteiger partial charge in [0.25, 0.3) is 0 Å². The van der Waals surface area contributed by atoms with Crippen molar-refractivity contribution >= 4 is 27.3 Å². The molecule has 0 aromatic heterocycles. The average Bonchev–Trinajstić information content (AvgIpc) is 3.22. The zero-order valence-electron chi connectivity index (χ0n) is 12.8. The lowest BCUT2D eigenvalue weighted by atomic mass is 10.2. The van der Waals surface area contributed by atoms with Gasteiger partial charge in [-0.1, -0.05) is 13.3 Å². The first-order chi connectivity index (χ1) is 10.3. The van der Waals surface area contributed by atoms with E-state index in [-0.39, 0.29) is 17.6 Å². The number of nitrogens with zero attached hydrogens (tertiary/aromatic N) is 1.